The molecule has 3 aliphatic rings. The van der Waals surface area contributed by atoms with Crippen molar-refractivity contribution >= 4 is 13.1 Å². The predicted molar refractivity (Wildman–Crippen MR) is 95.1 cm³/mol. The lowest BCUT2D eigenvalue weighted by Crippen LogP contribution is -2.27. The van der Waals surface area contributed by atoms with E-state index in [0.29, 0.717) is 0 Å². The van der Waals surface area contributed by atoms with E-state index < -0.39 is 7.60 Å². The Labute approximate surface area is 146 Å². The molecule has 0 amide bonds. The molecule has 24 heavy (non-hydrogen) atoms. The molecule has 0 aromatic carbocycles. The van der Waals surface area contributed by atoms with E-state index >= 15 is 0 Å². The second-order valence-corrected chi connectivity index (χ2v) is 9.76. The van der Waals surface area contributed by atoms with Crippen molar-refractivity contribution in [1.82, 2.24) is 0 Å². The Hall–Kier alpha value is -0.180. The van der Waals surface area contributed by atoms with Crippen LogP contribution in [0, 0.1) is 5.92 Å². The molecule has 0 aliphatic heterocycles. The van der Waals surface area contributed by atoms with Crippen LogP contribution in [-0.4, -0.2) is 17.7 Å². The van der Waals surface area contributed by atoms with Crippen LogP contribution in [0.4, 0.5) is 0 Å². The minimum atomic E-state index is -3.65. The maximum absolute atomic E-state index is 13.6. The summed E-state index contributed by atoms with van der Waals surface area (Å²) in [6.45, 7) is 0. The van der Waals surface area contributed by atoms with E-state index in [0.717, 1.165) is 77.0 Å². The average Bonchev–Trinajstić information content (AvgIpc) is 2.63. The lowest BCUT2D eigenvalue weighted by molar-refractivity contribution is -0.119. The van der Waals surface area contributed by atoms with E-state index in [1.165, 1.54) is 19.3 Å². The van der Waals surface area contributed by atoms with Crippen molar-refractivity contribution in [3.8, 4) is 0 Å². The summed E-state index contributed by atoms with van der Waals surface area (Å²) in [6, 6.07) is 0. The zero-order chi connectivity index (χ0) is 16.8. The largest absolute Gasteiger partial charge is 0.397 e. The van der Waals surface area contributed by atoms with Gasteiger partial charge in [0.15, 0.2) is 0 Å². The van der Waals surface area contributed by atoms with Gasteiger partial charge in [-0.05, 0) is 38.5 Å². The second-order valence-electron chi connectivity index (χ2n) is 7.90. The average molecular weight is 356 g/mol. The van der Waals surface area contributed by atoms with Gasteiger partial charge in [-0.15, -0.1) is 0 Å². The summed E-state index contributed by atoms with van der Waals surface area (Å²) >= 11 is 0. The molecule has 0 spiro atoms. The molecule has 3 fully saturated rings. The molecular formula is C19H33O4P. The van der Waals surface area contributed by atoms with Gasteiger partial charge in [0.05, 0.1) is 12.2 Å². The van der Waals surface area contributed by atoms with E-state index in [9.17, 15) is 9.36 Å². The number of hydrogen-bond acceptors (Lipinski definition) is 4. The van der Waals surface area contributed by atoms with Crippen LogP contribution in [0.3, 0.4) is 0 Å². The van der Waals surface area contributed by atoms with Crippen molar-refractivity contribution in [1.29, 1.82) is 0 Å². The lowest BCUT2D eigenvalue weighted by atomic mass is 9.90. The first-order valence-corrected chi connectivity index (χ1v) is 11.7. The molecule has 138 valence electrons. The van der Waals surface area contributed by atoms with Crippen LogP contribution < -0.4 is 0 Å². The third kappa shape index (κ3) is 4.93. The number of rotatable bonds is 6. The van der Waals surface area contributed by atoms with Crippen molar-refractivity contribution in [3.63, 3.8) is 0 Å². The maximum Gasteiger partial charge on any atom is 0.397 e. The molecule has 0 radical (unpaired) electrons. The summed E-state index contributed by atoms with van der Waals surface area (Å²) in [5.74, 6) is -0.114. The molecule has 0 aromatic rings. The van der Waals surface area contributed by atoms with Crippen molar-refractivity contribution in [2.24, 2.45) is 5.92 Å². The second kappa shape index (κ2) is 8.96. The van der Waals surface area contributed by atoms with E-state index in [1.54, 1.807) is 0 Å². The lowest BCUT2D eigenvalue weighted by Gasteiger charge is -2.32. The van der Waals surface area contributed by atoms with Gasteiger partial charge in [0.1, 0.15) is 0 Å². The van der Waals surface area contributed by atoms with Crippen molar-refractivity contribution in [3.05, 3.63) is 0 Å². The normalized spacial score (nSPS) is 25.7. The SMILES string of the molecule is O=C(C1CCCCC1)P(=O)(OC1CCCCC1)OC1CCCCC1. The van der Waals surface area contributed by atoms with Gasteiger partial charge >= 0.3 is 7.60 Å². The molecule has 0 aromatic heterocycles. The van der Waals surface area contributed by atoms with Crippen LogP contribution in [-0.2, 0) is 18.4 Å². The fraction of sp³-hybridized carbons (Fsp3) is 0.947. The molecule has 5 heteroatoms. The number of carbonyl (C=O) groups is 1. The fourth-order valence-electron chi connectivity index (χ4n) is 4.44. The molecule has 3 aliphatic carbocycles. The Morgan fingerprint density at radius 3 is 1.42 bits per heavy atom. The molecule has 4 nitrogen and oxygen atoms in total. The molecule has 0 bridgehead atoms. The zero-order valence-corrected chi connectivity index (χ0v) is 15.8. The van der Waals surface area contributed by atoms with Crippen molar-refractivity contribution in [2.45, 2.75) is 109 Å². The van der Waals surface area contributed by atoms with Gasteiger partial charge in [-0.25, -0.2) is 0 Å². The Morgan fingerprint density at radius 1 is 0.625 bits per heavy atom. The minimum Gasteiger partial charge on any atom is -0.300 e. The first-order valence-electron chi connectivity index (χ1n) is 10.2. The Bertz CT molecular complexity index is 422. The Morgan fingerprint density at radius 2 is 1.00 bits per heavy atom. The van der Waals surface area contributed by atoms with Gasteiger partial charge in [-0.3, -0.25) is 18.4 Å². The van der Waals surface area contributed by atoms with Crippen LogP contribution in [0.1, 0.15) is 96.3 Å². The van der Waals surface area contributed by atoms with Gasteiger partial charge in [0.25, 0.3) is 0 Å². The topological polar surface area (TPSA) is 52.6 Å². The first kappa shape index (κ1) is 18.6. The van der Waals surface area contributed by atoms with Crippen LogP contribution >= 0.6 is 7.60 Å². The third-order valence-corrected chi connectivity index (χ3v) is 7.96. The summed E-state index contributed by atoms with van der Waals surface area (Å²) in [6.07, 6.45) is 15.4. The molecule has 0 N–H and O–H groups in total. The highest BCUT2D eigenvalue weighted by Crippen LogP contribution is 2.57. The van der Waals surface area contributed by atoms with Crippen molar-refractivity contribution < 1.29 is 18.4 Å². The molecule has 0 atom stereocenters. The number of carbonyl (C=O) groups excluding carboxylic acids is 1. The summed E-state index contributed by atoms with van der Waals surface area (Å²) in [7, 11) is -3.65. The Balaban J connectivity index is 1.70. The Kier molecular flexibility index (Phi) is 6.95. The van der Waals surface area contributed by atoms with Gasteiger partial charge in [0.2, 0.25) is 5.52 Å². The van der Waals surface area contributed by atoms with Crippen LogP contribution in [0.2, 0.25) is 0 Å². The predicted octanol–water partition coefficient (Wildman–Crippen LogP) is 5.99. The van der Waals surface area contributed by atoms with E-state index in [4.69, 9.17) is 9.05 Å². The van der Waals surface area contributed by atoms with Gasteiger partial charge < -0.3 is 0 Å². The van der Waals surface area contributed by atoms with Gasteiger partial charge in [0, 0.05) is 5.92 Å². The molecule has 3 rings (SSSR count). The molecule has 3 saturated carbocycles. The van der Waals surface area contributed by atoms with E-state index in [-0.39, 0.29) is 23.7 Å². The van der Waals surface area contributed by atoms with Crippen LogP contribution in [0.25, 0.3) is 0 Å². The first-order chi connectivity index (χ1) is 11.7. The summed E-state index contributed by atoms with van der Waals surface area (Å²) in [4.78, 5) is 13.1. The monoisotopic (exact) mass is 356 g/mol. The fourth-order valence-corrected chi connectivity index (χ4v) is 6.60. The summed E-state index contributed by atoms with van der Waals surface area (Å²) < 4.78 is 25.5. The standard InChI is InChI=1S/C19H33O4P/c20-19(16-10-4-1-5-11-16)24(21,22-17-12-6-2-7-13-17)23-18-14-8-3-9-15-18/h16-18H,1-15H2. The van der Waals surface area contributed by atoms with E-state index in [1.807, 2.05) is 0 Å². The zero-order valence-electron chi connectivity index (χ0n) is 14.9. The summed E-state index contributed by atoms with van der Waals surface area (Å²) in [5, 5.41) is 0. The van der Waals surface area contributed by atoms with Crippen LogP contribution in [0.15, 0.2) is 0 Å². The minimum absolute atomic E-state index is 0.0549. The third-order valence-electron chi connectivity index (χ3n) is 5.90. The molecule has 0 saturated heterocycles. The number of hydrogen-bond donors (Lipinski definition) is 0. The molecule has 0 unspecified atom stereocenters. The highest BCUT2D eigenvalue weighted by Gasteiger charge is 2.44. The highest BCUT2D eigenvalue weighted by molar-refractivity contribution is 7.71. The van der Waals surface area contributed by atoms with E-state index in [2.05, 4.69) is 0 Å². The van der Waals surface area contributed by atoms with Gasteiger partial charge in [-0.2, -0.15) is 0 Å². The quantitative estimate of drug-likeness (QED) is 0.549. The molecule has 0 heterocycles. The maximum atomic E-state index is 13.6. The van der Waals surface area contributed by atoms with Crippen LogP contribution in [0.5, 0.6) is 0 Å². The molecular weight excluding hydrogens is 323 g/mol. The summed E-state index contributed by atoms with van der Waals surface area (Å²) in [5.41, 5.74) is -0.210. The highest BCUT2D eigenvalue weighted by atomic mass is 31.2. The van der Waals surface area contributed by atoms with Crippen molar-refractivity contribution in [2.75, 3.05) is 0 Å². The smallest absolute Gasteiger partial charge is 0.300 e. The van der Waals surface area contributed by atoms with Gasteiger partial charge in [-0.1, -0.05) is 57.8 Å².